The number of aromatic nitrogens is 3. The zero-order valence-electron chi connectivity index (χ0n) is 13.0. The second-order valence-electron chi connectivity index (χ2n) is 5.06. The van der Waals surface area contributed by atoms with Gasteiger partial charge in [0.1, 0.15) is 11.5 Å². The minimum atomic E-state index is -0.344. The van der Waals surface area contributed by atoms with Gasteiger partial charge in [-0.3, -0.25) is 4.79 Å². The van der Waals surface area contributed by atoms with Gasteiger partial charge in [0.25, 0.3) is 5.91 Å². The fourth-order valence-corrected chi connectivity index (χ4v) is 2.19. The molecular weight excluding hydrogens is 296 g/mol. The van der Waals surface area contributed by atoms with Crippen LogP contribution in [-0.4, -0.2) is 28.0 Å². The molecule has 7 heteroatoms. The number of amides is 1. The summed E-state index contributed by atoms with van der Waals surface area (Å²) in [7, 11) is 1.60. The van der Waals surface area contributed by atoms with Crippen LogP contribution in [0.15, 0.2) is 40.9 Å². The Morgan fingerprint density at radius 3 is 2.78 bits per heavy atom. The summed E-state index contributed by atoms with van der Waals surface area (Å²) in [6.07, 6.45) is 0. The van der Waals surface area contributed by atoms with Crippen LogP contribution in [0.5, 0.6) is 5.75 Å². The highest BCUT2D eigenvalue weighted by Crippen LogP contribution is 2.18. The Bertz CT molecular complexity index is 851. The summed E-state index contributed by atoms with van der Waals surface area (Å²) in [4.78, 5) is 12.3. The number of carbonyl (C=O) groups is 1. The lowest BCUT2D eigenvalue weighted by molar-refractivity contribution is 0.102. The average Bonchev–Trinajstić information content (AvgIpc) is 3.13. The van der Waals surface area contributed by atoms with E-state index in [0.717, 1.165) is 17.1 Å². The number of anilines is 1. The van der Waals surface area contributed by atoms with Gasteiger partial charge < -0.3 is 14.6 Å². The normalized spacial score (nSPS) is 10.6. The van der Waals surface area contributed by atoms with Crippen LogP contribution < -0.4 is 10.1 Å². The van der Waals surface area contributed by atoms with Crippen LogP contribution in [0.3, 0.4) is 0 Å². The summed E-state index contributed by atoms with van der Waals surface area (Å²) in [5.74, 6) is 1.36. The van der Waals surface area contributed by atoms with Crippen molar-refractivity contribution in [3.05, 3.63) is 53.5 Å². The lowest BCUT2D eigenvalue weighted by Gasteiger charge is -2.06. The molecule has 1 aromatic carbocycles. The topological polar surface area (TPSA) is 82.2 Å². The first-order valence-corrected chi connectivity index (χ1v) is 7.02. The lowest BCUT2D eigenvalue weighted by Crippen LogP contribution is -2.13. The molecule has 2 heterocycles. The van der Waals surface area contributed by atoms with Crippen molar-refractivity contribution in [2.45, 2.75) is 13.8 Å². The number of nitrogens with one attached hydrogen (secondary N) is 1. The molecule has 1 amide bonds. The Morgan fingerprint density at radius 2 is 2.09 bits per heavy atom. The Kier molecular flexibility index (Phi) is 3.84. The second-order valence-corrected chi connectivity index (χ2v) is 5.06. The fourth-order valence-electron chi connectivity index (χ4n) is 2.19. The first-order chi connectivity index (χ1) is 11.1. The zero-order valence-corrected chi connectivity index (χ0v) is 13.0. The van der Waals surface area contributed by atoms with E-state index < -0.39 is 0 Å². The predicted octanol–water partition coefficient (Wildman–Crippen LogP) is 2.74. The summed E-state index contributed by atoms with van der Waals surface area (Å²) in [6.45, 7) is 3.63. The van der Waals surface area contributed by atoms with Crippen LogP contribution in [0.25, 0.3) is 5.69 Å². The highest BCUT2D eigenvalue weighted by molar-refractivity contribution is 6.02. The number of benzene rings is 1. The van der Waals surface area contributed by atoms with Gasteiger partial charge in [0.05, 0.1) is 12.8 Å². The molecule has 0 radical (unpaired) electrons. The molecular formula is C16H16N4O3. The minimum absolute atomic E-state index is 0.297. The maximum absolute atomic E-state index is 12.3. The van der Waals surface area contributed by atoms with Crippen LogP contribution >= 0.6 is 0 Å². The molecule has 7 nitrogen and oxygen atoms in total. The largest absolute Gasteiger partial charge is 0.497 e. The molecule has 0 unspecified atom stereocenters. The number of nitrogens with zero attached hydrogens (tertiary/aromatic N) is 3. The Morgan fingerprint density at radius 1 is 1.26 bits per heavy atom. The fraction of sp³-hybridized carbons (Fsp3) is 0.188. The lowest BCUT2D eigenvalue weighted by atomic mass is 10.3. The van der Waals surface area contributed by atoms with E-state index in [1.165, 1.54) is 0 Å². The van der Waals surface area contributed by atoms with Gasteiger partial charge in [-0.2, -0.15) is 5.10 Å². The van der Waals surface area contributed by atoms with Crippen LogP contribution in [-0.2, 0) is 0 Å². The highest BCUT2D eigenvalue weighted by atomic mass is 16.5. The Balaban J connectivity index is 1.86. The van der Waals surface area contributed by atoms with Crippen molar-refractivity contribution in [2.75, 3.05) is 12.4 Å². The van der Waals surface area contributed by atoms with E-state index in [9.17, 15) is 4.79 Å². The number of hydrogen-bond acceptors (Lipinski definition) is 5. The van der Waals surface area contributed by atoms with Gasteiger partial charge in [0.2, 0.25) is 0 Å². The van der Waals surface area contributed by atoms with E-state index in [1.807, 2.05) is 31.2 Å². The van der Waals surface area contributed by atoms with E-state index >= 15 is 0 Å². The van der Waals surface area contributed by atoms with Gasteiger partial charge in [0.15, 0.2) is 11.5 Å². The summed E-state index contributed by atoms with van der Waals surface area (Å²) in [5, 5.41) is 10.7. The number of hydrogen-bond donors (Lipinski definition) is 1. The summed E-state index contributed by atoms with van der Waals surface area (Å²) >= 11 is 0. The van der Waals surface area contributed by atoms with E-state index in [1.54, 1.807) is 30.8 Å². The SMILES string of the molecule is COc1cccc(-n2nc(C(=O)Nc3cc(C)on3)cc2C)c1. The monoisotopic (exact) mass is 312 g/mol. The number of rotatable bonds is 4. The second kappa shape index (κ2) is 5.96. The van der Waals surface area contributed by atoms with Gasteiger partial charge in [-0.1, -0.05) is 11.2 Å². The zero-order chi connectivity index (χ0) is 16.4. The maximum Gasteiger partial charge on any atom is 0.277 e. The molecule has 0 aliphatic heterocycles. The van der Waals surface area contributed by atoms with E-state index in [-0.39, 0.29) is 5.91 Å². The summed E-state index contributed by atoms with van der Waals surface area (Å²) in [6, 6.07) is 10.8. The van der Waals surface area contributed by atoms with Crippen molar-refractivity contribution >= 4 is 11.7 Å². The Hall–Kier alpha value is -3.09. The molecule has 0 saturated heterocycles. The molecule has 3 rings (SSSR count). The van der Waals surface area contributed by atoms with Crippen molar-refractivity contribution in [1.29, 1.82) is 0 Å². The first kappa shape index (κ1) is 14.8. The molecule has 0 atom stereocenters. The first-order valence-electron chi connectivity index (χ1n) is 7.02. The van der Waals surface area contributed by atoms with E-state index in [2.05, 4.69) is 15.6 Å². The molecule has 1 N–H and O–H groups in total. The number of ether oxygens (including phenoxy) is 1. The third kappa shape index (κ3) is 3.08. The minimum Gasteiger partial charge on any atom is -0.497 e. The molecule has 0 fully saturated rings. The van der Waals surface area contributed by atoms with Crippen LogP contribution in [0.1, 0.15) is 21.9 Å². The van der Waals surface area contributed by atoms with Crippen LogP contribution in [0.4, 0.5) is 5.82 Å². The molecule has 118 valence electrons. The van der Waals surface area contributed by atoms with Gasteiger partial charge in [0, 0.05) is 17.8 Å². The molecule has 23 heavy (non-hydrogen) atoms. The van der Waals surface area contributed by atoms with Crippen LogP contribution in [0, 0.1) is 13.8 Å². The third-order valence-electron chi connectivity index (χ3n) is 3.29. The standard InChI is InChI=1S/C16H16N4O3/c1-10-7-14(16(21)17-15-8-11(2)23-19-15)18-20(10)12-5-4-6-13(9-12)22-3/h4-9H,1-3H3,(H,17,19,21). The van der Waals surface area contributed by atoms with Crippen molar-refractivity contribution < 1.29 is 14.1 Å². The molecule has 0 aliphatic carbocycles. The average molecular weight is 312 g/mol. The molecule has 0 aliphatic rings. The predicted molar refractivity (Wildman–Crippen MR) is 84.0 cm³/mol. The van der Waals surface area contributed by atoms with Crippen molar-refractivity contribution in [2.24, 2.45) is 0 Å². The van der Waals surface area contributed by atoms with Gasteiger partial charge in [-0.15, -0.1) is 0 Å². The number of aryl methyl sites for hydroxylation is 2. The summed E-state index contributed by atoms with van der Waals surface area (Å²) in [5.41, 5.74) is 1.95. The van der Waals surface area contributed by atoms with Crippen molar-refractivity contribution in [3.63, 3.8) is 0 Å². The van der Waals surface area contributed by atoms with Gasteiger partial charge in [-0.25, -0.2) is 4.68 Å². The van der Waals surface area contributed by atoms with Gasteiger partial charge >= 0.3 is 0 Å². The molecule has 0 saturated carbocycles. The number of methoxy groups -OCH3 is 1. The van der Waals surface area contributed by atoms with Crippen molar-refractivity contribution in [3.8, 4) is 11.4 Å². The Labute approximate surface area is 132 Å². The smallest absolute Gasteiger partial charge is 0.277 e. The van der Waals surface area contributed by atoms with E-state index in [0.29, 0.717) is 17.3 Å². The molecule has 2 aromatic heterocycles. The molecule has 0 spiro atoms. The molecule has 3 aromatic rings. The van der Waals surface area contributed by atoms with E-state index in [4.69, 9.17) is 9.26 Å². The van der Waals surface area contributed by atoms with Crippen LogP contribution in [0.2, 0.25) is 0 Å². The highest BCUT2D eigenvalue weighted by Gasteiger charge is 2.15. The quantitative estimate of drug-likeness (QED) is 0.801. The van der Waals surface area contributed by atoms with Gasteiger partial charge in [-0.05, 0) is 32.0 Å². The van der Waals surface area contributed by atoms with Crippen molar-refractivity contribution in [1.82, 2.24) is 14.9 Å². The maximum atomic E-state index is 12.3. The number of carbonyl (C=O) groups excluding carboxylic acids is 1. The third-order valence-corrected chi connectivity index (χ3v) is 3.29. The summed E-state index contributed by atoms with van der Waals surface area (Å²) < 4.78 is 11.8. The molecule has 0 bridgehead atoms.